The third-order valence-electron chi connectivity index (χ3n) is 10.4. The molecule has 0 heterocycles. The van der Waals surface area contributed by atoms with Crippen molar-refractivity contribution < 1.29 is 19.4 Å². The third-order valence-corrected chi connectivity index (χ3v) is 10.4. The van der Waals surface area contributed by atoms with Crippen LogP contribution in [0.15, 0.2) is 97.2 Å². The first-order chi connectivity index (χ1) is 29.2. The number of hydrogen-bond acceptors (Lipinski definition) is 4. The maximum atomic E-state index is 12.3. The number of ether oxygens (including phenoxy) is 2. The normalized spacial score (nSPS) is 13.2. The minimum Gasteiger partial charge on any atom is -0.457 e. The van der Waals surface area contributed by atoms with Crippen molar-refractivity contribution in [1.82, 2.24) is 0 Å². The van der Waals surface area contributed by atoms with Crippen molar-refractivity contribution in [1.29, 1.82) is 0 Å². The molecule has 4 nitrogen and oxygen atoms in total. The quantitative estimate of drug-likeness (QED) is 0.0378. The first-order valence-corrected chi connectivity index (χ1v) is 24.8. The van der Waals surface area contributed by atoms with Gasteiger partial charge >= 0.3 is 5.97 Å². The summed E-state index contributed by atoms with van der Waals surface area (Å²) >= 11 is 0. The van der Waals surface area contributed by atoms with E-state index >= 15 is 0 Å². The van der Waals surface area contributed by atoms with Crippen LogP contribution >= 0.6 is 0 Å². The predicted octanol–water partition coefficient (Wildman–Crippen LogP) is 16.9. The Balaban J connectivity index is 3.50. The van der Waals surface area contributed by atoms with Gasteiger partial charge in [0, 0.05) is 13.0 Å². The van der Waals surface area contributed by atoms with Gasteiger partial charge in [0.2, 0.25) is 0 Å². The largest absolute Gasteiger partial charge is 0.457 e. The number of rotatable bonds is 45. The molecule has 0 amide bonds. The zero-order valence-corrected chi connectivity index (χ0v) is 38.7. The van der Waals surface area contributed by atoms with Crippen LogP contribution in [0.25, 0.3) is 0 Å². The van der Waals surface area contributed by atoms with Gasteiger partial charge in [-0.2, -0.15) is 0 Å². The second-order valence-electron chi connectivity index (χ2n) is 16.2. The minimum atomic E-state index is -0.551. The maximum Gasteiger partial charge on any atom is 0.306 e. The molecule has 4 heteroatoms. The summed E-state index contributed by atoms with van der Waals surface area (Å²) < 4.78 is 11.2. The Bertz CT molecular complexity index is 1090. The number of unbranched alkanes of at least 4 members (excludes halogenated alkanes) is 21. The minimum absolute atomic E-state index is 0.184. The van der Waals surface area contributed by atoms with Crippen LogP contribution < -0.4 is 0 Å². The average molecular weight is 819 g/mol. The number of hydrogen-bond donors (Lipinski definition) is 1. The van der Waals surface area contributed by atoms with E-state index in [2.05, 4.69) is 111 Å². The first-order valence-electron chi connectivity index (χ1n) is 24.8. The highest BCUT2D eigenvalue weighted by Crippen LogP contribution is 2.13. The van der Waals surface area contributed by atoms with Crippen molar-refractivity contribution in [2.45, 2.75) is 225 Å². The number of esters is 1. The molecular weight excluding hydrogens is 725 g/mol. The molecule has 0 aromatic carbocycles. The molecule has 0 radical (unpaired) electrons. The molecule has 0 aliphatic rings. The van der Waals surface area contributed by atoms with Crippen molar-refractivity contribution in [3.8, 4) is 0 Å². The second-order valence-corrected chi connectivity index (χ2v) is 16.2. The van der Waals surface area contributed by atoms with Gasteiger partial charge in [-0.15, -0.1) is 0 Å². The fourth-order valence-electron chi connectivity index (χ4n) is 6.71. The summed E-state index contributed by atoms with van der Waals surface area (Å²) in [5.74, 6) is -0.214. The summed E-state index contributed by atoms with van der Waals surface area (Å²) in [5, 5.41) is 9.65. The van der Waals surface area contributed by atoms with E-state index in [4.69, 9.17) is 9.47 Å². The van der Waals surface area contributed by atoms with E-state index < -0.39 is 6.10 Å². The van der Waals surface area contributed by atoms with Gasteiger partial charge in [-0.1, -0.05) is 214 Å². The van der Waals surface area contributed by atoms with E-state index in [-0.39, 0.29) is 19.2 Å². The highest BCUT2D eigenvalue weighted by atomic mass is 16.6. The molecular formula is C55H94O4. The van der Waals surface area contributed by atoms with Crippen LogP contribution in [0.3, 0.4) is 0 Å². The van der Waals surface area contributed by atoms with Gasteiger partial charge in [0.25, 0.3) is 0 Å². The van der Waals surface area contributed by atoms with E-state index in [1.54, 1.807) is 0 Å². The average Bonchev–Trinajstić information content (AvgIpc) is 3.24. The van der Waals surface area contributed by atoms with E-state index in [9.17, 15) is 9.90 Å². The molecule has 0 saturated carbocycles. The second kappa shape index (κ2) is 51.5. The van der Waals surface area contributed by atoms with Crippen LogP contribution in [-0.2, 0) is 14.3 Å². The molecule has 0 aliphatic heterocycles. The fourth-order valence-corrected chi connectivity index (χ4v) is 6.71. The summed E-state index contributed by atoms with van der Waals surface area (Å²) in [6, 6.07) is 0. The van der Waals surface area contributed by atoms with Crippen LogP contribution in [0.5, 0.6) is 0 Å². The Labute approximate surface area is 366 Å². The topological polar surface area (TPSA) is 55.8 Å². The van der Waals surface area contributed by atoms with Crippen LogP contribution in [0.2, 0.25) is 0 Å². The summed E-state index contributed by atoms with van der Waals surface area (Å²) in [6.45, 7) is 5.19. The van der Waals surface area contributed by atoms with Crippen molar-refractivity contribution in [2.75, 3.05) is 19.8 Å². The number of carbonyl (C=O) groups excluding carboxylic acids is 1. The number of carbonyl (C=O) groups is 1. The summed E-state index contributed by atoms with van der Waals surface area (Å²) in [6.07, 6.45) is 73.4. The molecule has 59 heavy (non-hydrogen) atoms. The lowest BCUT2D eigenvalue weighted by Crippen LogP contribution is -2.27. The summed E-state index contributed by atoms with van der Waals surface area (Å²) in [4.78, 5) is 12.3. The van der Waals surface area contributed by atoms with Gasteiger partial charge in [0.15, 0.2) is 0 Å². The van der Waals surface area contributed by atoms with Crippen molar-refractivity contribution in [2.24, 2.45) is 0 Å². The SMILES string of the molecule is CC/C=C\C/C=C\C/C=C\C/C=C\C/C=C\CCCCCCCCCCOCC(CO)OC(=O)CCCCCCCCCC/C=C\C/C=C\C/C=C\CCCCCCC. The molecule has 1 N–H and O–H groups in total. The van der Waals surface area contributed by atoms with E-state index in [0.717, 1.165) is 70.6 Å². The maximum absolute atomic E-state index is 12.3. The van der Waals surface area contributed by atoms with E-state index in [1.165, 1.54) is 128 Å². The van der Waals surface area contributed by atoms with Gasteiger partial charge in [-0.25, -0.2) is 0 Å². The lowest BCUT2D eigenvalue weighted by molar-refractivity contribution is -0.154. The molecule has 0 bridgehead atoms. The number of aliphatic hydroxyl groups excluding tert-OH is 1. The van der Waals surface area contributed by atoms with Crippen molar-refractivity contribution in [3.63, 3.8) is 0 Å². The predicted molar refractivity (Wildman–Crippen MR) is 260 cm³/mol. The Hall–Kier alpha value is -2.69. The molecule has 0 saturated heterocycles. The molecule has 338 valence electrons. The lowest BCUT2D eigenvalue weighted by Gasteiger charge is -2.16. The van der Waals surface area contributed by atoms with Crippen LogP contribution in [0, 0.1) is 0 Å². The number of allylic oxidation sites excluding steroid dienone is 16. The third kappa shape index (κ3) is 49.6. The molecule has 0 fully saturated rings. The molecule has 0 aromatic heterocycles. The summed E-state index contributed by atoms with van der Waals surface area (Å²) in [7, 11) is 0. The molecule has 0 rings (SSSR count). The first kappa shape index (κ1) is 56.3. The highest BCUT2D eigenvalue weighted by molar-refractivity contribution is 5.69. The van der Waals surface area contributed by atoms with Crippen LogP contribution in [0.4, 0.5) is 0 Å². The standard InChI is InChI=1S/C55H94O4/c1-3-5-7-9-11-13-15-17-19-21-23-25-27-29-31-33-35-37-39-41-43-45-47-49-51-58-53-54(52-56)59-55(57)50-48-46-44-42-40-38-36-34-32-30-28-26-24-22-20-18-16-14-12-10-8-6-4-2/h5,7,11,13,16-19,22-25,28-31,54,56H,3-4,6,8-10,12,14-15,20-21,26-27,32-53H2,1-2H3/b7-5-,13-11-,18-16-,19-17-,24-22-,25-23-,30-28-,31-29-. The van der Waals surface area contributed by atoms with Crippen LogP contribution in [-0.4, -0.2) is 37.0 Å². The van der Waals surface area contributed by atoms with Crippen LogP contribution in [0.1, 0.15) is 219 Å². The molecule has 0 spiro atoms. The Morgan fingerprint density at radius 3 is 1.15 bits per heavy atom. The Morgan fingerprint density at radius 2 is 0.763 bits per heavy atom. The number of aliphatic hydroxyl groups is 1. The zero-order chi connectivity index (χ0) is 42.6. The van der Waals surface area contributed by atoms with E-state index in [1.807, 2.05) is 0 Å². The van der Waals surface area contributed by atoms with Gasteiger partial charge in [0.05, 0.1) is 13.2 Å². The molecule has 1 atom stereocenters. The fraction of sp³-hybridized carbons (Fsp3) is 0.691. The van der Waals surface area contributed by atoms with Gasteiger partial charge in [0.1, 0.15) is 6.10 Å². The van der Waals surface area contributed by atoms with Gasteiger partial charge in [-0.05, 0) is 96.3 Å². The van der Waals surface area contributed by atoms with E-state index in [0.29, 0.717) is 13.0 Å². The van der Waals surface area contributed by atoms with Crippen molar-refractivity contribution >= 4 is 5.97 Å². The monoisotopic (exact) mass is 819 g/mol. The van der Waals surface area contributed by atoms with Gasteiger partial charge in [-0.3, -0.25) is 4.79 Å². The smallest absolute Gasteiger partial charge is 0.306 e. The van der Waals surface area contributed by atoms with Gasteiger partial charge < -0.3 is 14.6 Å². The molecule has 1 unspecified atom stereocenters. The summed E-state index contributed by atoms with van der Waals surface area (Å²) in [5.41, 5.74) is 0. The zero-order valence-electron chi connectivity index (χ0n) is 38.7. The van der Waals surface area contributed by atoms with Crippen molar-refractivity contribution in [3.05, 3.63) is 97.2 Å². The Morgan fingerprint density at radius 1 is 0.424 bits per heavy atom. The highest BCUT2D eigenvalue weighted by Gasteiger charge is 2.13. The lowest BCUT2D eigenvalue weighted by atomic mass is 10.1. The Kier molecular flexibility index (Phi) is 49.1. The molecule has 0 aromatic rings. The molecule has 0 aliphatic carbocycles.